The fourth-order valence-corrected chi connectivity index (χ4v) is 8.76. The molecule has 18 atom stereocenters. The molecule has 0 radical (unpaired) electrons. The van der Waals surface area contributed by atoms with E-state index in [2.05, 4.69) is 0 Å². The lowest BCUT2D eigenvalue weighted by molar-refractivity contribution is -0.319. The molecule has 3 saturated heterocycles. The molecule has 15 heteroatoms. The number of hydrogen-bond donors (Lipinski definition) is 4. The van der Waals surface area contributed by atoms with E-state index in [0.29, 0.717) is 6.42 Å². The number of ether oxygens (including phenoxy) is 7. The number of likely N-dealkylation sites (N-methyl/N-ethyl adjacent to an activating group) is 1. The van der Waals surface area contributed by atoms with Gasteiger partial charge in [0, 0.05) is 37.7 Å². The second-order valence-electron chi connectivity index (χ2n) is 17.3. The Kier molecular flexibility index (Phi) is 16.3. The summed E-state index contributed by atoms with van der Waals surface area (Å²) in [7, 11) is 5.21. The van der Waals surface area contributed by atoms with E-state index < -0.39 is 114 Å². The number of aliphatic hydroxyl groups is 4. The largest absolute Gasteiger partial charge is 0.459 e. The molecule has 0 amide bonds. The SMILES string of the molecule is CCC(=O)OC1C(O[C@@H]2C(C)[C@H](OC3CC(C)(OC)C(O)C(C)O3)[C@@H](C)C(=O)O[C@H](CC)[C@@](C)(O)[C@H](O)[C@@H](C)C(=O)[C@H](C)C[C@@]2(C)O)OC(C)CC1N(C)C. The van der Waals surface area contributed by atoms with Crippen molar-refractivity contribution in [3.8, 4) is 0 Å². The van der Waals surface area contributed by atoms with Gasteiger partial charge in [0.15, 0.2) is 18.7 Å². The molecular formula is C40H71NO14. The van der Waals surface area contributed by atoms with Crippen molar-refractivity contribution in [1.82, 2.24) is 4.90 Å². The molecule has 3 fully saturated rings. The number of carbonyl (C=O) groups excluding carboxylic acids is 3. The fourth-order valence-electron chi connectivity index (χ4n) is 8.76. The van der Waals surface area contributed by atoms with Gasteiger partial charge in [-0.05, 0) is 74.9 Å². The van der Waals surface area contributed by atoms with E-state index in [1.807, 2.05) is 25.9 Å². The van der Waals surface area contributed by atoms with Crippen LogP contribution in [0.5, 0.6) is 0 Å². The number of aliphatic hydroxyl groups excluding tert-OH is 2. The molecule has 4 N–H and O–H groups in total. The standard InChI is InChI=1S/C40H71NO14/c1-15-27-40(11,48)33(44)22(5)30(43)20(3)18-38(9,47)35(55-37-32(53-28(42)16-2)26(41(12)13)17-21(4)50-37)23(6)31(24(7)36(46)52-27)54-29-19-39(10,49-14)34(45)25(8)51-29/h20-27,29,31-35,37,44-45,47-48H,15-19H2,1-14H3/t20-,21?,22+,23?,24-,25?,26?,27-,29?,31+,32?,33-,34?,35-,37?,38-,39?,40-/m1/s1. The fraction of sp³-hybridized carbons (Fsp3) is 0.925. The van der Waals surface area contributed by atoms with Crippen molar-refractivity contribution in [3.63, 3.8) is 0 Å². The molecule has 0 aromatic rings. The van der Waals surface area contributed by atoms with Gasteiger partial charge >= 0.3 is 11.9 Å². The number of hydrogen-bond acceptors (Lipinski definition) is 15. The average Bonchev–Trinajstić information content (AvgIpc) is 3.11. The summed E-state index contributed by atoms with van der Waals surface area (Å²) in [5.74, 6) is -5.59. The van der Waals surface area contributed by atoms with Gasteiger partial charge in [-0.2, -0.15) is 0 Å². The molecule has 0 aromatic carbocycles. The first-order valence-electron chi connectivity index (χ1n) is 19.9. The van der Waals surface area contributed by atoms with Crippen LogP contribution in [0.15, 0.2) is 0 Å². The first-order chi connectivity index (χ1) is 25.4. The number of ketones is 1. The monoisotopic (exact) mass is 789 g/mol. The highest BCUT2D eigenvalue weighted by Crippen LogP contribution is 2.41. The van der Waals surface area contributed by atoms with E-state index in [1.165, 1.54) is 27.9 Å². The summed E-state index contributed by atoms with van der Waals surface area (Å²) < 4.78 is 43.6. The van der Waals surface area contributed by atoms with Crippen LogP contribution in [0.1, 0.15) is 108 Å². The van der Waals surface area contributed by atoms with Crippen molar-refractivity contribution in [2.75, 3.05) is 21.2 Å². The number of methoxy groups -OCH3 is 1. The zero-order valence-corrected chi connectivity index (χ0v) is 35.5. The van der Waals surface area contributed by atoms with Gasteiger partial charge in [-0.3, -0.25) is 14.4 Å². The first-order valence-corrected chi connectivity index (χ1v) is 19.9. The van der Waals surface area contributed by atoms with Gasteiger partial charge in [0.2, 0.25) is 0 Å². The lowest BCUT2D eigenvalue weighted by atomic mass is 9.74. The third-order valence-electron chi connectivity index (χ3n) is 12.4. The smallest absolute Gasteiger partial charge is 0.311 e. The van der Waals surface area contributed by atoms with Crippen molar-refractivity contribution < 1.29 is 68.0 Å². The summed E-state index contributed by atoms with van der Waals surface area (Å²) in [5.41, 5.74) is -4.92. The normalized spacial score (nSPS) is 46.9. The van der Waals surface area contributed by atoms with E-state index in [1.54, 1.807) is 48.5 Å². The quantitative estimate of drug-likeness (QED) is 0.249. The highest BCUT2D eigenvalue weighted by molar-refractivity contribution is 5.83. The van der Waals surface area contributed by atoms with E-state index >= 15 is 0 Å². The molecule has 320 valence electrons. The van der Waals surface area contributed by atoms with Gasteiger partial charge < -0.3 is 58.5 Å². The predicted molar refractivity (Wildman–Crippen MR) is 200 cm³/mol. The number of carbonyl (C=O) groups is 3. The zero-order chi connectivity index (χ0) is 42.0. The molecule has 3 heterocycles. The first kappa shape index (κ1) is 47.6. The van der Waals surface area contributed by atoms with Crippen molar-refractivity contribution in [2.45, 2.75) is 193 Å². The van der Waals surface area contributed by atoms with Crippen LogP contribution in [-0.4, -0.2) is 149 Å². The Morgan fingerprint density at radius 1 is 0.891 bits per heavy atom. The van der Waals surface area contributed by atoms with Crippen molar-refractivity contribution in [1.29, 1.82) is 0 Å². The number of cyclic esters (lactones) is 1. The van der Waals surface area contributed by atoms with Crippen LogP contribution in [0.2, 0.25) is 0 Å². The number of esters is 2. The maximum atomic E-state index is 14.2. The van der Waals surface area contributed by atoms with Gasteiger partial charge in [0.05, 0.1) is 53.7 Å². The number of Topliss-reactive ketones (excluding diaryl/α,β-unsaturated/α-hetero) is 1. The van der Waals surface area contributed by atoms with Crippen LogP contribution in [-0.2, 0) is 47.5 Å². The lowest BCUT2D eigenvalue weighted by Crippen LogP contribution is -2.61. The van der Waals surface area contributed by atoms with E-state index in [4.69, 9.17) is 33.2 Å². The van der Waals surface area contributed by atoms with Crippen molar-refractivity contribution >= 4 is 17.7 Å². The van der Waals surface area contributed by atoms with Crippen LogP contribution in [0.4, 0.5) is 0 Å². The minimum atomic E-state index is -2.01. The van der Waals surface area contributed by atoms with Gasteiger partial charge in [0.1, 0.15) is 23.6 Å². The van der Waals surface area contributed by atoms with Crippen LogP contribution in [0, 0.1) is 23.7 Å². The molecule has 3 aliphatic heterocycles. The number of nitrogens with zero attached hydrogens (tertiary/aromatic N) is 1. The second-order valence-corrected chi connectivity index (χ2v) is 17.3. The molecular weight excluding hydrogens is 718 g/mol. The van der Waals surface area contributed by atoms with Gasteiger partial charge in [-0.25, -0.2) is 0 Å². The average molecular weight is 790 g/mol. The Morgan fingerprint density at radius 2 is 1.51 bits per heavy atom. The van der Waals surface area contributed by atoms with Crippen LogP contribution >= 0.6 is 0 Å². The summed E-state index contributed by atoms with van der Waals surface area (Å²) >= 11 is 0. The second kappa shape index (κ2) is 18.9. The molecule has 55 heavy (non-hydrogen) atoms. The molecule has 15 nitrogen and oxygen atoms in total. The highest BCUT2D eigenvalue weighted by Gasteiger charge is 2.54. The van der Waals surface area contributed by atoms with Crippen LogP contribution in [0.3, 0.4) is 0 Å². The van der Waals surface area contributed by atoms with E-state index in [0.717, 1.165) is 0 Å². The van der Waals surface area contributed by atoms with Crippen molar-refractivity contribution in [3.05, 3.63) is 0 Å². The Morgan fingerprint density at radius 3 is 2.05 bits per heavy atom. The molecule has 0 spiro atoms. The summed E-state index contributed by atoms with van der Waals surface area (Å²) in [6.07, 6.45) is -9.68. The maximum absolute atomic E-state index is 14.2. The van der Waals surface area contributed by atoms with Gasteiger partial charge in [0.25, 0.3) is 0 Å². The zero-order valence-electron chi connectivity index (χ0n) is 35.5. The Bertz CT molecular complexity index is 1290. The van der Waals surface area contributed by atoms with Crippen LogP contribution < -0.4 is 0 Å². The Hall–Kier alpha value is -1.79. The highest BCUT2D eigenvalue weighted by atomic mass is 16.7. The molecule has 0 aliphatic carbocycles. The predicted octanol–water partition coefficient (Wildman–Crippen LogP) is 2.75. The minimum Gasteiger partial charge on any atom is -0.459 e. The number of rotatable bonds is 9. The lowest BCUT2D eigenvalue weighted by Gasteiger charge is -2.49. The Balaban J connectivity index is 2.24. The maximum Gasteiger partial charge on any atom is 0.311 e. The van der Waals surface area contributed by atoms with E-state index in [-0.39, 0.29) is 37.8 Å². The molecule has 0 saturated carbocycles. The molecule has 0 bridgehead atoms. The van der Waals surface area contributed by atoms with Crippen molar-refractivity contribution in [2.24, 2.45) is 23.7 Å². The summed E-state index contributed by atoms with van der Waals surface area (Å²) in [6.45, 7) is 18.0. The summed E-state index contributed by atoms with van der Waals surface area (Å²) in [6, 6.07) is -0.319. The minimum absolute atomic E-state index is 0.0760. The molecule has 9 unspecified atom stereocenters. The topological polar surface area (TPSA) is 200 Å². The third kappa shape index (κ3) is 10.6. The van der Waals surface area contributed by atoms with Gasteiger partial charge in [-0.15, -0.1) is 0 Å². The van der Waals surface area contributed by atoms with E-state index in [9.17, 15) is 34.8 Å². The summed E-state index contributed by atoms with van der Waals surface area (Å²) in [4.78, 5) is 42.9. The molecule has 0 aromatic heterocycles. The Labute approximate surface area is 327 Å². The third-order valence-corrected chi connectivity index (χ3v) is 12.4. The summed E-state index contributed by atoms with van der Waals surface area (Å²) in [5, 5.41) is 46.6. The molecule has 3 rings (SSSR count). The van der Waals surface area contributed by atoms with Gasteiger partial charge in [-0.1, -0.05) is 34.6 Å². The van der Waals surface area contributed by atoms with Crippen LogP contribution in [0.25, 0.3) is 0 Å². The molecule has 3 aliphatic rings.